The fraction of sp³-hybridized carbons (Fsp3) is 0.950. The van der Waals surface area contributed by atoms with Gasteiger partial charge in [-0.25, -0.2) is 0 Å². The van der Waals surface area contributed by atoms with E-state index in [0.717, 1.165) is 12.8 Å². The van der Waals surface area contributed by atoms with Gasteiger partial charge in [-0.05, 0) is 13.3 Å². The van der Waals surface area contributed by atoms with Crippen molar-refractivity contribution in [3.05, 3.63) is 0 Å². The van der Waals surface area contributed by atoms with Crippen LogP contribution in [0.3, 0.4) is 0 Å². The number of unbranched alkanes of at least 4 members (excludes halogenated alkanes) is 14. The smallest absolute Gasteiger partial charge is 0.303 e. The molecular formula is C20H42FeO3. The van der Waals surface area contributed by atoms with E-state index in [1.165, 1.54) is 83.5 Å². The molecule has 3 nitrogen and oxygen atoms in total. The van der Waals surface area contributed by atoms with Crippen molar-refractivity contribution in [1.29, 1.82) is 0 Å². The molecule has 148 valence electrons. The molecule has 0 radical (unpaired) electrons. The quantitative estimate of drug-likeness (QED) is 0.241. The summed E-state index contributed by atoms with van der Waals surface area (Å²) in [6.45, 7) is 4.20. The molecule has 0 spiro atoms. The fourth-order valence-corrected chi connectivity index (χ4v) is 2.65. The van der Waals surface area contributed by atoms with Gasteiger partial charge in [0.1, 0.15) is 0 Å². The Morgan fingerprint density at radius 3 is 1.12 bits per heavy atom. The molecule has 0 heterocycles. The number of hydrogen-bond acceptors (Lipinski definition) is 2. The van der Waals surface area contributed by atoms with Crippen LogP contribution in [-0.4, -0.2) is 22.8 Å². The number of carbonyl (C=O) groups is 1. The molecule has 0 bridgehead atoms. The Morgan fingerprint density at radius 1 is 0.625 bits per heavy atom. The molecule has 0 aliphatic rings. The molecule has 0 saturated carbocycles. The van der Waals surface area contributed by atoms with Gasteiger partial charge in [-0.2, -0.15) is 0 Å². The molecule has 4 heteroatoms. The normalized spacial score (nSPS) is 9.79. The van der Waals surface area contributed by atoms with Gasteiger partial charge in [-0.15, -0.1) is 0 Å². The third kappa shape index (κ3) is 33.5. The fourth-order valence-electron chi connectivity index (χ4n) is 2.65. The van der Waals surface area contributed by atoms with Gasteiger partial charge in [0.25, 0.3) is 0 Å². The second kappa shape index (κ2) is 27.8. The van der Waals surface area contributed by atoms with E-state index < -0.39 is 5.97 Å². The van der Waals surface area contributed by atoms with Gasteiger partial charge in [0.05, 0.1) is 0 Å². The predicted molar refractivity (Wildman–Crippen MR) is 99.9 cm³/mol. The first-order valence-corrected chi connectivity index (χ1v) is 10.0. The first kappa shape index (κ1) is 28.7. The molecule has 0 amide bonds. The largest absolute Gasteiger partial charge is 0.481 e. The van der Waals surface area contributed by atoms with Crippen LogP contribution < -0.4 is 0 Å². The van der Waals surface area contributed by atoms with E-state index in [1.54, 1.807) is 6.92 Å². The molecule has 0 aromatic heterocycles. The Morgan fingerprint density at radius 2 is 0.875 bits per heavy atom. The summed E-state index contributed by atoms with van der Waals surface area (Å²) in [4.78, 5) is 10.3. The zero-order valence-electron chi connectivity index (χ0n) is 16.2. The molecule has 0 atom stereocenters. The Kier molecular flexibility index (Phi) is 33.3. The van der Waals surface area contributed by atoms with E-state index in [-0.39, 0.29) is 23.7 Å². The Hall–Kier alpha value is -0.0505. The monoisotopic (exact) mass is 386 g/mol. The molecule has 2 N–H and O–H groups in total. The minimum Gasteiger partial charge on any atom is -0.481 e. The van der Waals surface area contributed by atoms with Crippen LogP contribution in [0.2, 0.25) is 0 Å². The second-order valence-corrected chi connectivity index (χ2v) is 6.41. The zero-order valence-corrected chi connectivity index (χ0v) is 17.3. The average molecular weight is 386 g/mol. The van der Waals surface area contributed by atoms with Gasteiger partial charge in [0.15, 0.2) is 0 Å². The second-order valence-electron chi connectivity index (χ2n) is 6.41. The van der Waals surface area contributed by atoms with Crippen LogP contribution in [-0.2, 0) is 21.9 Å². The number of aliphatic carboxylic acids is 1. The van der Waals surface area contributed by atoms with Crippen molar-refractivity contribution >= 4 is 5.97 Å². The van der Waals surface area contributed by atoms with Crippen molar-refractivity contribution in [2.75, 3.05) is 6.61 Å². The van der Waals surface area contributed by atoms with Crippen LogP contribution in [0.5, 0.6) is 0 Å². The van der Waals surface area contributed by atoms with Gasteiger partial charge in [-0.3, -0.25) is 4.79 Å². The summed E-state index contributed by atoms with van der Waals surface area (Å²) in [6.07, 6.45) is 20.2. The van der Waals surface area contributed by atoms with E-state index in [0.29, 0.717) is 6.42 Å². The van der Waals surface area contributed by atoms with Crippen molar-refractivity contribution in [3.63, 3.8) is 0 Å². The standard InChI is InChI=1S/C18H36O2.C2H6O.Fe/c1-2-3-4-5-6-7-8-9-10-11-12-13-14-15-16-17-18(19)20;1-2-3;/h2-17H2,1H3,(H,19,20);3H,2H2,1H3;. The number of carboxylic acid groups (broad SMARTS) is 1. The van der Waals surface area contributed by atoms with Crippen LogP contribution in [0.1, 0.15) is 117 Å². The summed E-state index contributed by atoms with van der Waals surface area (Å²) in [5.74, 6) is -0.653. The Bertz CT molecular complexity index is 223. The Labute approximate surface area is 161 Å². The third-order valence-corrected chi connectivity index (χ3v) is 3.99. The number of hydrogen-bond donors (Lipinski definition) is 2. The van der Waals surface area contributed by atoms with Crippen molar-refractivity contribution in [2.24, 2.45) is 0 Å². The van der Waals surface area contributed by atoms with Crippen molar-refractivity contribution in [1.82, 2.24) is 0 Å². The molecule has 0 aliphatic heterocycles. The summed E-state index contributed by atoms with van der Waals surface area (Å²) in [7, 11) is 0. The summed E-state index contributed by atoms with van der Waals surface area (Å²) < 4.78 is 0. The van der Waals surface area contributed by atoms with Gasteiger partial charge >= 0.3 is 5.97 Å². The summed E-state index contributed by atoms with van der Waals surface area (Å²) in [5.41, 5.74) is 0. The molecule has 0 unspecified atom stereocenters. The molecule has 0 rings (SSSR count). The molecule has 0 saturated heterocycles. The average Bonchev–Trinajstić information content (AvgIpc) is 2.51. The van der Waals surface area contributed by atoms with E-state index in [1.807, 2.05) is 0 Å². The predicted octanol–water partition coefficient (Wildman–Crippen LogP) is 6.33. The van der Waals surface area contributed by atoms with E-state index in [9.17, 15) is 4.79 Å². The maximum Gasteiger partial charge on any atom is 0.303 e. The van der Waals surface area contributed by atoms with Crippen molar-refractivity contribution in [3.8, 4) is 0 Å². The summed E-state index contributed by atoms with van der Waals surface area (Å²) in [5, 5.41) is 16.1. The van der Waals surface area contributed by atoms with E-state index in [2.05, 4.69) is 6.92 Å². The van der Waals surface area contributed by atoms with Crippen LogP contribution >= 0.6 is 0 Å². The Balaban J connectivity index is -0.00000102. The minimum atomic E-state index is -0.653. The van der Waals surface area contributed by atoms with Crippen LogP contribution in [0.25, 0.3) is 0 Å². The first-order chi connectivity index (χ1) is 11.2. The van der Waals surface area contributed by atoms with Gasteiger partial charge in [0.2, 0.25) is 0 Å². The third-order valence-electron chi connectivity index (χ3n) is 3.99. The number of carboxylic acids is 1. The van der Waals surface area contributed by atoms with Crippen molar-refractivity contribution in [2.45, 2.75) is 117 Å². The molecule has 0 fully saturated rings. The van der Waals surface area contributed by atoms with Crippen LogP contribution in [0.15, 0.2) is 0 Å². The zero-order chi connectivity index (χ0) is 17.6. The van der Waals surface area contributed by atoms with Crippen LogP contribution in [0, 0.1) is 0 Å². The maximum atomic E-state index is 10.3. The molecule has 0 aromatic rings. The van der Waals surface area contributed by atoms with Gasteiger partial charge in [0, 0.05) is 30.1 Å². The molecule has 0 aromatic carbocycles. The molecule has 24 heavy (non-hydrogen) atoms. The van der Waals surface area contributed by atoms with Crippen molar-refractivity contribution < 1.29 is 32.1 Å². The van der Waals surface area contributed by atoms with Gasteiger partial charge < -0.3 is 10.2 Å². The van der Waals surface area contributed by atoms with Crippen LogP contribution in [0.4, 0.5) is 0 Å². The van der Waals surface area contributed by atoms with E-state index >= 15 is 0 Å². The summed E-state index contributed by atoms with van der Waals surface area (Å²) >= 11 is 0. The number of aliphatic hydroxyl groups is 1. The number of rotatable bonds is 16. The maximum absolute atomic E-state index is 10.3. The first-order valence-electron chi connectivity index (χ1n) is 10.0. The minimum absolute atomic E-state index is 0. The topological polar surface area (TPSA) is 57.5 Å². The van der Waals surface area contributed by atoms with Gasteiger partial charge in [-0.1, -0.05) is 96.8 Å². The van der Waals surface area contributed by atoms with E-state index in [4.69, 9.17) is 10.2 Å². The SMILES string of the molecule is CCCCCCCCCCCCCCCCCC(=O)O.CCO.[Fe]. The number of aliphatic hydroxyl groups excluding tert-OH is 1. The summed E-state index contributed by atoms with van der Waals surface area (Å²) in [6, 6.07) is 0. The molecular weight excluding hydrogens is 344 g/mol. The molecule has 0 aliphatic carbocycles.